The number of carbonyl (C=O) groups is 1. The number of nitro benzene ring substituents is 2. The molecule has 0 aliphatic carbocycles. The van der Waals surface area contributed by atoms with E-state index in [0.29, 0.717) is 10.6 Å². The van der Waals surface area contributed by atoms with E-state index in [9.17, 15) is 25.0 Å². The van der Waals surface area contributed by atoms with Gasteiger partial charge in [0.25, 0.3) is 11.6 Å². The van der Waals surface area contributed by atoms with Crippen LogP contribution >= 0.6 is 11.6 Å². The Morgan fingerprint density at radius 3 is 2.43 bits per heavy atom. The Morgan fingerprint density at radius 1 is 1.03 bits per heavy atom. The number of nitrogens with one attached hydrogen (secondary N) is 1. The Morgan fingerprint density at radius 2 is 1.77 bits per heavy atom. The van der Waals surface area contributed by atoms with Gasteiger partial charge in [-0.05, 0) is 61.4 Å². The number of amides is 1. The van der Waals surface area contributed by atoms with Gasteiger partial charge in [-0.3, -0.25) is 25.0 Å². The molecule has 0 aliphatic rings. The number of carbonyl (C=O) groups excluding carboxylic acids is 1. The quantitative estimate of drug-likeness (QED) is 0.235. The van der Waals surface area contributed by atoms with Crippen LogP contribution < -0.4 is 14.9 Å². The van der Waals surface area contributed by atoms with Gasteiger partial charge in [0.1, 0.15) is 0 Å². The summed E-state index contributed by atoms with van der Waals surface area (Å²) in [5.74, 6) is -0.277. The summed E-state index contributed by atoms with van der Waals surface area (Å²) < 4.78 is 11.2. The van der Waals surface area contributed by atoms with Crippen molar-refractivity contribution >= 4 is 35.1 Å². The molecule has 1 N–H and O–H groups in total. The van der Waals surface area contributed by atoms with E-state index in [1.165, 1.54) is 12.3 Å². The molecule has 0 saturated carbocycles. The fourth-order valence-corrected chi connectivity index (χ4v) is 3.28. The molecule has 12 heteroatoms. The van der Waals surface area contributed by atoms with Gasteiger partial charge in [-0.2, -0.15) is 5.10 Å². The average Bonchev–Trinajstić information content (AvgIpc) is 2.80. The van der Waals surface area contributed by atoms with E-state index < -0.39 is 27.1 Å². The zero-order valence-corrected chi connectivity index (χ0v) is 19.3. The van der Waals surface area contributed by atoms with Crippen molar-refractivity contribution in [3.8, 4) is 17.2 Å². The molecule has 0 atom stereocenters. The smallest absolute Gasteiger partial charge is 0.318 e. The lowest BCUT2D eigenvalue weighted by Crippen LogP contribution is -2.18. The van der Waals surface area contributed by atoms with Crippen LogP contribution in [0.1, 0.15) is 28.4 Å². The molecule has 3 rings (SSSR count). The van der Waals surface area contributed by atoms with Crippen molar-refractivity contribution in [2.75, 3.05) is 6.61 Å². The predicted octanol–water partition coefficient (Wildman–Crippen LogP) is 5.42. The molecule has 0 aromatic heterocycles. The highest BCUT2D eigenvalue weighted by Crippen LogP contribution is 2.38. The lowest BCUT2D eigenvalue weighted by atomic mass is 10.1. The van der Waals surface area contributed by atoms with Gasteiger partial charge in [-0.15, -0.1) is 0 Å². The highest BCUT2D eigenvalue weighted by Gasteiger charge is 2.22. The molecule has 0 bridgehead atoms. The third-order valence-corrected chi connectivity index (χ3v) is 4.90. The number of nitro groups is 2. The second-order valence-electron chi connectivity index (χ2n) is 7.09. The summed E-state index contributed by atoms with van der Waals surface area (Å²) in [7, 11) is 0. The van der Waals surface area contributed by atoms with Crippen LogP contribution in [0.3, 0.4) is 0 Å². The van der Waals surface area contributed by atoms with Crippen LogP contribution in [0, 0.1) is 27.2 Å². The lowest BCUT2D eigenvalue weighted by molar-refractivity contribution is -0.394. The molecule has 11 nitrogen and oxygen atoms in total. The van der Waals surface area contributed by atoms with Gasteiger partial charge in [0.2, 0.25) is 5.75 Å². The number of halogens is 1. The van der Waals surface area contributed by atoms with Crippen molar-refractivity contribution < 1.29 is 24.1 Å². The van der Waals surface area contributed by atoms with Gasteiger partial charge in [-0.25, -0.2) is 5.43 Å². The third-order valence-electron chi connectivity index (χ3n) is 4.59. The van der Waals surface area contributed by atoms with E-state index in [0.717, 1.165) is 23.8 Å². The molecule has 3 aromatic carbocycles. The van der Waals surface area contributed by atoms with Gasteiger partial charge in [0.05, 0.1) is 39.3 Å². The molecule has 0 spiro atoms. The number of aryl methyl sites for hydroxylation is 1. The Labute approximate surface area is 204 Å². The predicted molar refractivity (Wildman–Crippen MR) is 129 cm³/mol. The molecule has 3 aromatic rings. The minimum atomic E-state index is -0.771. The summed E-state index contributed by atoms with van der Waals surface area (Å²) in [5.41, 5.74) is 3.12. The Balaban J connectivity index is 1.81. The van der Waals surface area contributed by atoms with Crippen molar-refractivity contribution in [2.24, 2.45) is 5.10 Å². The number of hydrogen-bond acceptors (Lipinski definition) is 8. The molecular formula is C23H19ClN4O7. The largest absolute Gasteiger partial charge is 0.490 e. The summed E-state index contributed by atoms with van der Waals surface area (Å²) in [6.45, 7) is 3.86. The van der Waals surface area contributed by atoms with E-state index in [1.807, 2.05) is 6.92 Å². The first kappa shape index (κ1) is 25.1. The molecule has 1 amide bonds. The molecule has 0 aliphatic heterocycles. The van der Waals surface area contributed by atoms with Crippen LogP contribution in [0.5, 0.6) is 17.2 Å². The fourth-order valence-electron chi connectivity index (χ4n) is 2.95. The van der Waals surface area contributed by atoms with Crippen LogP contribution in [0.2, 0.25) is 5.02 Å². The SMILES string of the molecule is CCOc1cc(/C=N\NC(=O)c2ccc(C)cc2Cl)ccc1Oc1ccc([N+](=O)[O-])cc1[N+](=O)[O-]. The maximum atomic E-state index is 12.3. The summed E-state index contributed by atoms with van der Waals surface area (Å²) in [6.07, 6.45) is 1.38. The number of nitrogens with zero attached hydrogens (tertiary/aromatic N) is 3. The highest BCUT2D eigenvalue weighted by atomic mass is 35.5. The number of non-ortho nitro benzene ring substituents is 1. The van der Waals surface area contributed by atoms with Crippen LogP contribution in [0.15, 0.2) is 59.7 Å². The van der Waals surface area contributed by atoms with E-state index in [1.54, 1.807) is 37.3 Å². The zero-order chi connectivity index (χ0) is 25.5. The van der Waals surface area contributed by atoms with Crippen LogP contribution in [-0.4, -0.2) is 28.6 Å². The summed E-state index contributed by atoms with van der Waals surface area (Å²) in [4.78, 5) is 33.1. The number of ether oxygens (including phenoxy) is 2. The minimum Gasteiger partial charge on any atom is -0.490 e. The van der Waals surface area contributed by atoms with Crippen LogP contribution in [-0.2, 0) is 0 Å². The van der Waals surface area contributed by atoms with Crippen molar-refractivity contribution in [1.29, 1.82) is 0 Å². The Hall–Kier alpha value is -4.51. The first-order valence-corrected chi connectivity index (χ1v) is 10.5. The van der Waals surface area contributed by atoms with Crippen LogP contribution in [0.4, 0.5) is 11.4 Å². The standard InChI is InChI=1S/C23H19ClN4O7/c1-3-34-22-11-15(13-25-26-23(29)17-7-4-14(2)10-18(17)24)5-8-21(22)35-20-9-6-16(27(30)31)12-19(20)28(32)33/h4-13H,3H2,1-2H3,(H,26,29)/b25-13-. The molecule has 0 radical (unpaired) electrons. The van der Waals surface area contributed by atoms with Crippen molar-refractivity contribution in [3.05, 3.63) is 96.5 Å². The van der Waals surface area contributed by atoms with E-state index in [4.69, 9.17) is 21.1 Å². The van der Waals surface area contributed by atoms with Gasteiger partial charge >= 0.3 is 5.69 Å². The summed E-state index contributed by atoms with van der Waals surface area (Å²) in [5, 5.41) is 26.5. The average molecular weight is 499 g/mol. The maximum absolute atomic E-state index is 12.3. The fraction of sp³-hybridized carbons (Fsp3) is 0.130. The van der Waals surface area contributed by atoms with Gasteiger partial charge < -0.3 is 9.47 Å². The topological polar surface area (TPSA) is 146 Å². The van der Waals surface area contributed by atoms with Crippen molar-refractivity contribution in [2.45, 2.75) is 13.8 Å². The van der Waals surface area contributed by atoms with Gasteiger partial charge in [-0.1, -0.05) is 17.7 Å². The number of benzene rings is 3. The van der Waals surface area contributed by atoms with E-state index in [-0.39, 0.29) is 29.4 Å². The first-order valence-electron chi connectivity index (χ1n) is 10.2. The summed E-state index contributed by atoms with van der Waals surface area (Å²) in [6, 6.07) is 12.7. The molecule has 180 valence electrons. The minimum absolute atomic E-state index is 0.149. The highest BCUT2D eigenvalue weighted by molar-refractivity contribution is 6.33. The van der Waals surface area contributed by atoms with E-state index >= 15 is 0 Å². The Bertz CT molecular complexity index is 1330. The first-order chi connectivity index (χ1) is 16.7. The molecule has 0 unspecified atom stereocenters. The van der Waals surface area contributed by atoms with Crippen molar-refractivity contribution in [3.63, 3.8) is 0 Å². The van der Waals surface area contributed by atoms with E-state index in [2.05, 4.69) is 10.5 Å². The van der Waals surface area contributed by atoms with Gasteiger partial charge in [0.15, 0.2) is 11.5 Å². The molecule has 0 saturated heterocycles. The number of hydrazone groups is 1. The molecule has 0 heterocycles. The molecular weight excluding hydrogens is 480 g/mol. The lowest BCUT2D eigenvalue weighted by Gasteiger charge is -2.12. The monoisotopic (exact) mass is 498 g/mol. The summed E-state index contributed by atoms with van der Waals surface area (Å²) >= 11 is 6.10. The van der Waals surface area contributed by atoms with Gasteiger partial charge in [0, 0.05) is 6.07 Å². The maximum Gasteiger partial charge on any atom is 0.318 e. The molecule has 35 heavy (non-hydrogen) atoms. The zero-order valence-electron chi connectivity index (χ0n) is 18.6. The van der Waals surface area contributed by atoms with Crippen LogP contribution in [0.25, 0.3) is 0 Å². The normalized spacial score (nSPS) is 10.7. The molecule has 0 fully saturated rings. The number of hydrogen-bond donors (Lipinski definition) is 1. The second-order valence-corrected chi connectivity index (χ2v) is 7.50. The second kappa shape index (κ2) is 11.1. The number of rotatable bonds is 9. The Kier molecular flexibility index (Phi) is 7.95. The third kappa shape index (κ3) is 6.30. The van der Waals surface area contributed by atoms with Crippen molar-refractivity contribution in [1.82, 2.24) is 5.43 Å².